The van der Waals surface area contributed by atoms with Gasteiger partial charge < -0.3 is 9.47 Å². The molecule has 0 spiro atoms. The van der Waals surface area contributed by atoms with Crippen LogP contribution in [0.5, 0.6) is 5.75 Å². The zero-order valence-electron chi connectivity index (χ0n) is 16.8. The summed E-state index contributed by atoms with van der Waals surface area (Å²) in [5.41, 5.74) is -0.647. The highest BCUT2D eigenvalue weighted by atomic mass is 35.5. The van der Waals surface area contributed by atoms with Crippen molar-refractivity contribution in [2.75, 3.05) is 13.7 Å². The summed E-state index contributed by atoms with van der Waals surface area (Å²) in [5, 5.41) is 0.499. The molecule has 0 fully saturated rings. The van der Waals surface area contributed by atoms with E-state index in [-0.39, 0.29) is 26.8 Å². The van der Waals surface area contributed by atoms with Gasteiger partial charge in [0, 0.05) is 16.1 Å². The zero-order valence-corrected chi connectivity index (χ0v) is 19.1. The fourth-order valence-electron chi connectivity index (χ4n) is 2.48. The summed E-state index contributed by atoms with van der Waals surface area (Å²) in [5.74, 6) is -1.34. The molecule has 2 aromatic rings. The van der Waals surface area contributed by atoms with Gasteiger partial charge in [-0.25, -0.2) is 17.9 Å². The summed E-state index contributed by atoms with van der Waals surface area (Å²) in [4.78, 5) is 24.4. The van der Waals surface area contributed by atoms with Crippen LogP contribution in [0.1, 0.15) is 41.5 Å². The third-order valence-electron chi connectivity index (χ3n) is 3.70. The van der Waals surface area contributed by atoms with E-state index in [4.69, 9.17) is 32.7 Å². The lowest BCUT2D eigenvalue weighted by Gasteiger charge is -2.21. The van der Waals surface area contributed by atoms with Crippen LogP contribution in [0, 0.1) is 0 Å². The Morgan fingerprint density at radius 2 is 1.73 bits per heavy atom. The highest BCUT2D eigenvalue weighted by molar-refractivity contribution is 7.89. The van der Waals surface area contributed by atoms with Crippen LogP contribution in [0.25, 0.3) is 0 Å². The molecule has 0 amide bonds. The average molecular weight is 474 g/mol. The Hall–Kier alpha value is -2.13. The summed E-state index contributed by atoms with van der Waals surface area (Å²) in [6.45, 7) is 4.47. The van der Waals surface area contributed by atoms with E-state index in [0.717, 1.165) is 6.07 Å². The van der Waals surface area contributed by atoms with Crippen molar-refractivity contribution in [2.24, 2.45) is 0 Å². The third-order valence-corrected chi connectivity index (χ3v) is 6.02. The number of ether oxygens (including phenoxy) is 2. The van der Waals surface area contributed by atoms with Crippen molar-refractivity contribution in [3.63, 3.8) is 0 Å². The maximum atomic E-state index is 12.7. The zero-order chi connectivity index (χ0) is 22.7. The minimum atomic E-state index is -3.98. The number of rotatable bonds is 7. The standard InChI is InChI=1S/C20H21Cl2NO6S/c1-20(2,3)23-30(26,27)18-9-12(5-8-17(18)28-4)19(25)29-11-16(24)14-7-6-13(21)10-15(14)22/h5-10,23H,11H2,1-4H3. The Bertz CT molecular complexity index is 1080. The molecular weight excluding hydrogens is 453 g/mol. The summed E-state index contributed by atoms with van der Waals surface area (Å²) < 4.78 is 38.0. The molecule has 0 atom stereocenters. The number of nitrogens with one attached hydrogen (secondary N) is 1. The van der Waals surface area contributed by atoms with Gasteiger partial charge in [0.15, 0.2) is 6.61 Å². The fourth-order valence-corrected chi connectivity index (χ4v) is 4.61. The van der Waals surface area contributed by atoms with Crippen molar-refractivity contribution in [2.45, 2.75) is 31.2 Å². The summed E-state index contributed by atoms with van der Waals surface area (Å²) in [6.07, 6.45) is 0. The number of sulfonamides is 1. The first kappa shape index (κ1) is 24.1. The predicted molar refractivity (Wildman–Crippen MR) is 114 cm³/mol. The van der Waals surface area contributed by atoms with Crippen LogP contribution in [-0.4, -0.2) is 39.4 Å². The Morgan fingerprint density at radius 1 is 1.07 bits per heavy atom. The minimum Gasteiger partial charge on any atom is -0.495 e. The van der Waals surface area contributed by atoms with Crippen LogP contribution in [0.2, 0.25) is 10.0 Å². The number of Topliss-reactive ketones (excluding diaryl/α,β-unsaturated/α-hetero) is 1. The monoisotopic (exact) mass is 473 g/mol. The van der Waals surface area contributed by atoms with Gasteiger partial charge in [0.2, 0.25) is 15.8 Å². The Labute approximate surface area is 185 Å². The fraction of sp³-hybridized carbons (Fsp3) is 0.300. The molecule has 0 saturated heterocycles. The molecule has 10 heteroatoms. The van der Waals surface area contributed by atoms with E-state index in [2.05, 4.69) is 4.72 Å². The highest BCUT2D eigenvalue weighted by Crippen LogP contribution is 2.27. The molecule has 2 rings (SSSR count). The Balaban J connectivity index is 2.23. The van der Waals surface area contributed by atoms with E-state index in [0.29, 0.717) is 5.02 Å². The topological polar surface area (TPSA) is 98.8 Å². The first-order valence-corrected chi connectivity index (χ1v) is 11.0. The first-order valence-electron chi connectivity index (χ1n) is 8.71. The molecule has 0 aliphatic carbocycles. The maximum absolute atomic E-state index is 12.7. The van der Waals surface area contributed by atoms with Gasteiger partial charge in [0.1, 0.15) is 10.6 Å². The van der Waals surface area contributed by atoms with Crippen LogP contribution < -0.4 is 9.46 Å². The van der Waals surface area contributed by atoms with Crippen LogP contribution in [0.15, 0.2) is 41.3 Å². The largest absolute Gasteiger partial charge is 0.495 e. The van der Waals surface area contributed by atoms with Crippen molar-refractivity contribution in [1.82, 2.24) is 4.72 Å². The van der Waals surface area contributed by atoms with Gasteiger partial charge in [0.05, 0.1) is 17.7 Å². The van der Waals surface area contributed by atoms with Gasteiger partial charge in [-0.05, 0) is 57.2 Å². The highest BCUT2D eigenvalue weighted by Gasteiger charge is 2.27. The normalized spacial score (nSPS) is 11.8. The number of hydrogen-bond acceptors (Lipinski definition) is 6. The first-order chi connectivity index (χ1) is 13.8. The quantitative estimate of drug-likeness (QED) is 0.479. The molecule has 1 N–H and O–H groups in total. The minimum absolute atomic E-state index is 0.0555. The third kappa shape index (κ3) is 6.18. The summed E-state index contributed by atoms with van der Waals surface area (Å²) in [6, 6.07) is 8.14. The summed E-state index contributed by atoms with van der Waals surface area (Å²) >= 11 is 11.8. The molecule has 162 valence electrons. The molecule has 0 aromatic heterocycles. The van der Waals surface area contributed by atoms with E-state index in [1.807, 2.05) is 0 Å². The van der Waals surface area contributed by atoms with Crippen LogP contribution >= 0.6 is 23.2 Å². The number of carbonyl (C=O) groups excluding carboxylic acids is 2. The maximum Gasteiger partial charge on any atom is 0.338 e. The lowest BCUT2D eigenvalue weighted by Crippen LogP contribution is -2.40. The SMILES string of the molecule is COc1ccc(C(=O)OCC(=O)c2ccc(Cl)cc2Cl)cc1S(=O)(=O)NC(C)(C)C. The molecule has 0 radical (unpaired) electrons. The van der Waals surface area contributed by atoms with Crippen LogP contribution in [0.4, 0.5) is 0 Å². The molecule has 0 unspecified atom stereocenters. The van der Waals surface area contributed by atoms with E-state index >= 15 is 0 Å². The molecule has 0 bridgehead atoms. The van der Waals surface area contributed by atoms with Gasteiger partial charge in [-0.2, -0.15) is 0 Å². The molecule has 30 heavy (non-hydrogen) atoms. The van der Waals surface area contributed by atoms with Gasteiger partial charge in [-0.1, -0.05) is 23.2 Å². The molecule has 0 saturated carbocycles. The molecule has 0 aliphatic rings. The number of halogens is 2. The summed E-state index contributed by atoms with van der Waals surface area (Å²) in [7, 11) is -2.66. The van der Waals surface area contributed by atoms with Crippen molar-refractivity contribution in [3.05, 3.63) is 57.6 Å². The Kier molecular flexibility index (Phi) is 7.52. The number of carbonyl (C=O) groups is 2. The number of hydrogen-bond donors (Lipinski definition) is 1. The second kappa shape index (κ2) is 9.34. The second-order valence-electron chi connectivity index (χ2n) is 7.34. The van der Waals surface area contributed by atoms with Crippen molar-refractivity contribution < 1.29 is 27.5 Å². The van der Waals surface area contributed by atoms with Crippen molar-refractivity contribution >= 4 is 45.0 Å². The van der Waals surface area contributed by atoms with Gasteiger partial charge >= 0.3 is 5.97 Å². The van der Waals surface area contributed by atoms with Gasteiger partial charge in [-0.3, -0.25) is 4.79 Å². The van der Waals surface area contributed by atoms with Crippen LogP contribution in [-0.2, 0) is 14.8 Å². The van der Waals surface area contributed by atoms with E-state index in [1.165, 1.54) is 37.4 Å². The predicted octanol–water partition coefficient (Wildman–Crippen LogP) is 4.12. The molecule has 0 aliphatic heterocycles. The number of benzene rings is 2. The van der Waals surface area contributed by atoms with Crippen molar-refractivity contribution in [1.29, 1.82) is 0 Å². The lowest BCUT2D eigenvalue weighted by molar-refractivity contribution is 0.0474. The smallest absolute Gasteiger partial charge is 0.338 e. The molecule has 0 heterocycles. The number of methoxy groups -OCH3 is 1. The van der Waals surface area contributed by atoms with E-state index < -0.39 is 33.9 Å². The molecule has 2 aromatic carbocycles. The van der Waals surface area contributed by atoms with Gasteiger partial charge in [0.25, 0.3) is 0 Å². The van der Waals surface area contributed by atoms with Crippen molar-refractivity contribution in [3.8, 4) is 5.75 Å². The van der Waals surface area contributed by atoms with E-state index in [9.17, 15) is 18.0 Å². The van der Waals surface area contributed by atoms with Gasteiger partial charge in [-0.15, -0.1) is 0 Å². The molecule has 7 nitrogen and oxygen atoms in total. The lowest BCUT2D eigenvalue weighted by atomic mass is 10.1. The number of esters is 1. The van der Waals surface area contributed by atoms with Crippen LogP contribution in [0.3, 0.4) is 0 Å². The van der Waals surface area contributed by atoms with E-state index in [1.54, 1.807) is 20.8 Å². The average Bonchev–Trinajstić information content (AvgIpc) is 2.63. The second-order valence-corrected chi connectivity index (χ2v) is 9.84. The Morgan fingerprint density at radius 3 is 2.30 bits per heavy atom. The molecular formula is C20H21Cl2NO6S. The number of ketones is 1.